The third kappa shape index (κ3) is 9.98. The van der Waals surface area contributed by atoms with Gasteiger partial charge in [0.2, 0.25) is 5.95 Å². The number of amides is 1. The summed E-state index contributed by atoms with van der Waals surface area (Å²) in [4.78, 5) is 37.9. The first-order chi connectivity index (χ1) is 24.9. The monoisotopic (exact) mass is 783 g/mol. The third-order valence-corrected chi connectivity index (χ3v) is 8.25. The average molecular weight is 784 g/mol. The molecule has 21 heteroatoms. The molecule has 0 radical (unpaired) electrons. The molecule has 0 bridgehead atoms. The molecule has 3 aromatic rings. The Kier molecular flexibility index (Phi) is 12.3. The summed E-state index contributed by atoms with van der Waals surface area (Å²) in [5.41, 5.74) is -7.38. The molecule has 1 unspecified atom stereocenters. The number of halogens is 9. The summed E-state index contributed by atoms with van der Waals surface area (Å²) in [6, 6.07) is 0.495. The molecule has 1 aliphatic heterocycles. The van der Waals surface area contributed by atoms with E-state index < -0.39 is 103 Å². The maximum atomic E-state index is 13.8. The van der Waals surface area contributed by atoms with Gasteiger partial charge in [0.05, 0.1) is 52.5 Å². The Morgan fingerprint density at radius 3 is 2.15 bits per heavy atom. The highest BCUT2D eigenvalue weighted by Crippen LogP contribution is 2.42. The number of anilines is 2. The van der Waals surface area contributed by atoms with Gasteiger partial charge in [-0.05, 0) is 62.6 Å². The van der Waals surface area contributed by atoms with Crippen molar-refractivity contribution >= 4 is 23.7 Å². The van der Waals surface area contributed by atoms with E-state index in [1.54, 1.807) is 6.92 Å². The molecule has 2 aromatic heterocycles. The van der Waals surface area contributed by atoms with Crippen LogP contribution in [0.15, 0.2) is 36.5 Å². The molecule has 1 aliphatic rings. The molecule has 3 atom stereocenters. The Balaban J connectivity index is 1.78. The Morgan fingerprint density at radius 1 is 0.981 bits per heavy atom. The second-order valence-corrected chi connectivity index (χ2v) is 12.9. The summed E-state index contributed by atoms with van der Waals surface area (Å²) in [7, 11) is 0. The molecule has 12 nitrogen and oxygen atoms in total. The lowest BCUT2D eigenvalue weighted by Crippen LogP contribution is -2.47. The smallest absolute Gasteiger partial charge is 0.433 e. The maximum Gasteiger partial charge on any atom is 0.433 e. The summed E-state index contributed by atoms with van der Waals surface area (Å²) in [5.74, 6) is -1.98. The van der Waals surface area contributed by atoms with Crippen molar-refractivity contribution < 1.29 is 73.9 Å². The van der Waals surface area contributed by atoms with Crippen LogP contribution in [-0.2, 0) is 34.5 Å². The zero-order valence-corrected chi connectivity index (χ0v) is 28.6. The number of carboxylic acids is 1. The number of hydrogen-bond acceptors (Lipinski definition) is 10. The number of hydrogen-bond donors (Lipinski definition) is 4. The van der Waals surface area contributed by atoms with Crippen LogP contribution >= 0.6 is 0 Å². The number of fused-ring (bicyclic) bond motifs is 1. The van der Waals surface area contributed by atoms with E-state index in [-0.39, 0.29) is 47.7 Å². The molecule has 1 aromatic carbocycles. The molecule has 0 aliphatic carbocycles. The SMILES string of the molecule is CC[C@@H]1C[C@H](Nc2ncc(OCC(O)CO)c(Cc3cc(C(F)(F)F)cc(C(F)(F)F)c3)n2)c2nc(C(F)(F)F)ccc2N1C(=O)OCC(C)(C)C(=O)O. The first-order valence-electron chi connectivity index (χ1n) is 16.0. The van der Waals surface area contributed by atoms with Crippen LogP contribution in [0.3, 0.4) is 0 Å². The van der Waals surface area contributed by atoms with E-state index in [1.807, 2.05) is 0 Å². The number of carbonyl (C=O) groups is 2. The van der Waals surface area contributed by atoms with Crippen LogP contribution in [0.2, 0.25) is 0 Å². The first-order valence-corrected chi connectivity index (χ1v) is 16.0. The minimum atomic E-state index is -5.17. The van der Waals surface area contributed by atoms with Crippen LogP contribution in [-0.4, -0.2) is 74.3 Å². The predicted molar refractivity (Wildman–Crippen MR) is 169 cm³/mol. The quantitative estimate of drug-likeness (QED) is 0.146. The maximum absolute atomic E-state index is 13.8. The van der Waals surface area contributed by atoms with Gasteiger partial charge < -0.3 is 30.1 Å². The minimum absolute atomic E-state index is 0.0650. The predicted octanol–water partition coefficient (Wildman–Crippen LogP) is 6.64. The van der Waals surface area contributed by atoms with Crippen LogP contribution in [0.4, 0.5) is 55.9 Å². The van der Waals surface area contributed by atoms with Gasteiger partial charge in [-0.15, -0.1) is 0 Å². The van der Waals surface area contributed by atoms with Crippen molar-refractivity contribution in [3.05, 3.63) is 70.3 Å². The third-order valence-electron chi connectivity index (χ3n) is 8.25. The molecule has 0 spiro atoms. The van der Waals surface area contributed by atoms with Crippen molar-refractivity contribution in [2.45, 2.75) is 76.8 Å². The number of ether oxygens (including phenoxy) is 2. The van der Waals surface area contributed by atoms with Gasteiger partial charge in [-0.2, -0.15) is 39.5 Å². The van der Waals surface area contributed by atoms with E-state index in [4.69, 9.17) is 9.47 Å². The fourth-order valence-electron chi connectivity index (χ4n) is 5.30. The minimum Gasteiger partial charge on any atom is -0.487 e. The van der Waals surface area contributed by atoms with Gasteiger partial charge in [0, 0.05) is 12.5 Å². The van der Waals surface area contributed by atoms with Crippen molar-refractivity contribution in [2.24, 2.45) is 5.41 Å². The molecule has 1 amide bonds. The highest BCUT2D eigenvalue weighted by atomic mass is 19.4. The lowest BCUT2D eigenvalue weighted by molar-refractivity contribution is -0.149. The van der Waals surface area contributed by atoms with Crippen LogP contribution in [0.1, 0.15) is 73.4 Å². The molecule has 54 heavy (non-hydrogen) atoms. The number of rotatable bonds is 12. The number of carboxylic acid groups (broad SMARTS) is 1. The van der Waals surface area contributed by atoms with Crippen molar-refractivity contribution in [3.63, 3.8) is 0 Å². The Bertz CT molecular complexity index is 1810. The molecule has 4 rings (SSSR count). The lowest BCUT2D eigenvalue weighted by atomic mass is 9.93. The Labute approximate surface area is 301 Å². The Hall–Kier alpha value is -4.92. The van der Waals surface area contributed by atoms with Gasteiger partial charge in [0.25, 0.3) is 0 Å². The van der Waals surface area contributed by atoms with Crippen LogP contribution < -0.4 is 15.0 Å². The normalized spacial score (nSPS) is 17.1. The number of alkyl halides is 9. The second kappa shape index (κ2) is 15.8. The van der Waals surface area contributed by atoms with Gasteiger partial charge in [-0.25, -0.2) is 19.7 Å². The fraction of sp³-hybridized carbons (Fsp3) is 0.485. The number of aliphatic carboxylic acids is 1. The summed E-state index contributed by atoms with van der Waals surface area (Å²) in [5, 5.41) is 31.2. The fourth-order valence-corrected chi connectivity index (χ4v) is 5.30. The van der Waals surface area contributed by atoms with Crippen molar-refractivity contribution in [2.75, 3.05) is 30.0 Å². The van der Waals surface area contributed by atoms with Crippen molar-refractivity contribution in [1.29, 1.82) is 0 Å². The number of nitrogens with zero attached hydrogens (tertiary/aromatic N) is 4. The molecular formula is C33H34F9N5O7. The highest BCUT2D eigenvalue weighted by Gasteiger charge is 2.42. The van der Waals surface area contributed by atoms with E-state index in [9.17, 15) is 64.4 Å². The zero-order chi connectivity index (χ0) is 40.4. The molecule has 3 heterocycles. The molecular weight excluding hydrogens is 749 g/mol. The number of benzene rings is 1. The van der Waals surface area contributed by atoms with Crippen molar-refractivity contribution in [1.82, 2.24) is 15.0 Å². The summed E-state index contributed by atoms with van der Waals surface area (Å²) < 4.78 is 134. The number of nitrogens with one attached hydrogen (secondary N) is 1. The number of aliphatic hydroxyl groups is 2. The van der Waals surface area contributed by atoms with Gasteiger partial charge in [-0.1, -0.05) is 6.92 Å². The molecule has 4 N–H and O–H groups in total. The average Bonchev–Trinajstić information content (AvgIpc) is 3.08. The molecule has 0 fully saturated rings. The standard InChI is InChI=1S/C33H34F9N5O7/c1-4-19-11-22(26-23(5-6-25(46-26)33(40,41)42)47(19)29(52)54-15-30(2,3)27(50)51)45-28-43-12-24(53-14-20(49)13-48)21(44-28)9-16-7-17(31(34,35)36)10-18(8-16)32(37,38)39/h5-8,10,12,19-20,22,48-49H,4,9,11,13-15H2,1-3H3,(H,50,51)(H,43,44,45)/t19-,20?,22+/m1/s1. The summed E-state index contributed by atoms with van der Waals surface area (Å²) >= 11 is 0. The largest absolute Gasteiger partial charge is 0.487 e. The van der Waals surface area contributed by atoms with E-state index in [0.717, 1.165) is 17.2 Å². The van der Waals surface area contributed by atoms with Gasteiger partial charge in [-0.3, -0.25) is 9.69 Å². The summed E-state index contributed by atoms with van der Waals surface area (Å²) in [6.45, 7) is 2.29. The second-order valence-electron chi connectivity index (χ2n) is 12.9. The number of pyridine rings is 1. The number of carbonyl (C=O) groups excluding carboxylic acids is 1. The molecule has 0 saturated heterocycles. The zero-order valence-electron chi connectivity index (χ0n) is 28.6. The van der Waals surface area contributed by atoms with Crippen LogP contribution in [0, 0.1) is 5.41 Å². The summed E-state index contributed by atoms with van der Waals surface area (Å²) in [6.07, 6.45) is -17.5. The topological polar surface area (TPSA) is 167 Å². The van der Waals surface area contributed by atoms with Crippen molar-refractivity contribution in [3.8, 4) is 5.75 Å². The molecule has 296 valence electrons. The first kappa shape index (κ1) is 41.8. The molecule has 0 saturated carbocycles. The Morgan fingerprint density at radius 2 is 1.61 bits per heavy atom. The van der Waals surface area contributed by atoms with E-state index >= 15 is 0 Å². The van der Waals surface area contributed by atoms with Crippen LogP contribution in [0.5, 0.6) is 5.75 Å². The number of aliphatic hydroxyl groups excluding tert-OH is 2. The van der Waals surface area contributed by atoms with Crippen LogP contribution in [0.25, 0.3) is 0 Å². The van der Waals surface area contributed by atoms with Gasteiger partial charge in [0.1, 0.15) is 25.0 Å². The van der Waals surface area contributed by atoms with E-state index in [1.165, 1.54) is 13.8 Å². The lowest BCUT2D eigenvalue weighted by Gasteiger charge is -2.40. The van der Waals surface area contributed by atoms with E-state index in [2.05, 4.69) is 20.3 Å². The van der Waals surface area contributed by atoms with E-state index in [0.29, 0.717) is 18.2 Å². The van der Waals surface area contributed by atoms with Gasteiger partial charge in [0.15, 0.2) is 5.75 Å². The highest BCUT2D eigenvalue weighted by molar-refractivity contribution is 5.90. The van der Waals surface area contributed by atoms with Gasteiger partial charge >= 0.3 is 30.6 Å². The number of aromatic nitrogens is 3.